The van der Waals surface area contributed by atoms with Crippen LogP contribution < -0.4 is 0 Å². The van der Waals surface area contributed by atoms with E-state index in [1.165, 1.54) is 38.5 Å². The topological polar surface area (TPSA) is 0 Å². The van der Waals surface area contributed by atoms with Gasteiger partial charge in [0.1, 0.15) is 0 Å². The van der Waals surface area contributed by atoms with Crippen molar-refractivity contribution < 1.29 is 0 Å². The van der Waals surface area contributed by atoms with Crippen LogP contribution >= 0.6 is 0 Å². The van der Waals surface area contributed by atoms with Crippen molar-refractivity contribution in [1.29, 1.82) is 0 Å². The third-order valence-electron chi connectivity index (χ3n) is 6.16. The molecule has 2 fully saturated rings. The van der Waals surface area contributed by atoms with Crippen molar-refractivity contribution in [2.24, 2.45) is 28.6 Å². The van der Waals surface area contributed by atoms with E-state index in [-0.39, 0.29) is 0 Å². The molecule has 2 rings (SSSR count). The minimum absolute atomic E-state index is 0.598. The van der Waals surface area contributed by atoms with Crippen LogP contribution in [-0.2, 0) is 0 Å². The van der Waals surface area contributed by atoms with Crippen LogP contribution in [0.5, 0.6) is 0 Å². The highest BCUT2D eigenvalue weighted by atomic mass is 14.6. The fourth-order valence-corrected chi connectivity index (χ4v) is 5.48. The number of hydrogen-bond donors (Lipinski definition) is 0. The summed E-state index contributed by atoms with van der Waals surface area (Å²) >= 11 is 0. The molecular formula is C16H30. The van der Waals surface area contributed by atoms with E-state index in [9.17, 15) is 0 Å². The second-order valence-electron chi connectivity index (χ2n) is 7.47. The van der Waals surface area contributed by atoms with Gasteiger partial charge in [-0.15, -0.1) is 0 Å². The molecule has 0 unspecified atom stereocenters. The summed E-state index contributed by atoms with van der Waals surface area (Å²) < 4.78 is 0. The van der Waals surface area contributed by atoms with Gasteiger partial charge < -0.3 is 0 Å². The number of rotatable bonds is 1. The first-order valence-electron chi connectivity index (χ1n) is 7.42. The van der Waals surface area contributed by atoms with Gasteiger partial charge >= 0.3 is 0 Å². The zero-order chi connectivity index (χ0) is 12.0. The molecule has 0 bridgehead atoms. The van der Waals surface area contributed by atoms with Crippen LogP contribution in [-0.4, -0.2) is 0 Å². The summed E-state index contributed by atoms with van der Waals surface area (Å²) in [6.07, 6.45) is 8.76. The van der Waals surface area contributed by atoms with E-state index in [0.717, 1.165) is 17.8 Å². The Balaban J connectivity index is 2.31. The van der Waals surface area contributed by atoms with Crippen LogP contribution in [0.15, 0.2) is 0 Å². The summed E-state index contributed by atoms with van der Waals surface area (Å²) in [4.78, 5) is 0. The lowest BCUT2D eigenvalue weighted by Gasteiger charge is -2.59. The van der Waals surface area contributed by atoms with E-state index in [1.54, 1.807) is 0 Å². The molecule has 0 N–H and O–H groups in total. The fraction of sp³-hybridized carbons (Fsp3) is 1.00. The van der Waals surface area contributed by atoms with Crippen LogP contribution in [0.3, 0.4) is 0 Å². The molecule has 0 heterocycles. The molecule has 0 aromatic rings. The summed E-state index contributed by atoms with van der Waals surface area (Å²) in [7, 11) is 0. The highest BCUT2D eigenvalue weighted by Gasteiger charge is 2.52. The molecule has 0 nitrogen and oxygen atoms in total. The quantitative estimate of drug-likeness (QED) is 0.566. The molecular weight excluding hydrogens is 192 g/mol. The van der Waals surface area contributed by atoms with E-state index in [0.29, 0.717) is 10.8 Å². The lowest BCUT2D eigenvalue weighted by molar-refractivity contribution is -0.0943. The SMILES string of the molecule is CC[C@@H]1[C@H](C)CC[C@@H]2C(C)(C)CCC[C@@]12C. The Morgan fingerprint density at radius 3 is 2.38 bits per heavy atom. The zero-order valence-electron chi connectivity index (χ0n) is 12.0. The van der Waals surface area contributed by atoms with Crippen LogP contribution in [0.1, 0.15) is 73.1 Å². The Morgan fingerprint density at radius 2 is 1.75 bits per heavy atom. The second-order valence-corrected chi connectivity index (χ2v) is 7.47. The molecule has 0 saturated heterocycles. The van der Waals surface area contributed by atoms with Crippen LogP contribution in [0.4, 0.5) is 0 Å². The minimum Gasteiger partial charge on any atom is -0.0651 e. The highest BCUT2D eigenvalue weighted by molar-refractivity contribution is 5.02. The molecule has 0 heteroatoms. The first-order valence-corrected chi connectivity index (χ1v) is 7.42. The van der Waals surface area contributed by atoms with Crippen molar-refractivity contribution in [1.82, 2.24) is 0 Å². The van der Waals surface area contributed by atoms with E-state index >= 15 is 0 Å². The fourth-order valence-electron chi connectivity index (χ4n) is 5.48. The Bertz CT molecular complexity index is 253. The maximum absolute atomic E-state index is 2.61. The molecule has 0 aliphatic heterocycles. The van der Waals surface area contributed by atoms with Crippen molar-refractivity contribution in [3.63, 3.8) is 0 Å². The summed E-state index contributed by atoms with van der Waals surface area (Å²) in [6.45, 7) is 12.6. The lowest BCUT2D eigenvalue weighted by atomic mass is 9.46. The third-order valence-corrected chi connectivity index (χ3v) is 6.16. The molecule has 16 heavy (non-hydrogen) atoms. The van der Waals surface area contributed by atoms with Gasteiger partial charge in [-0.2, -0.15) is 0 Å². The molecule has 2 saturated carbocycles. The van der Waals surface area contributed by atoms with Crippen LogP contribution in [0.2, 0.25) is 0 Å². The van der Waals surface area contributed by atoms with Crippen molar-refractivity contribution in [3.8, 4) is 0 Å². The Kier molecular flexibility index (Phi) is 3.14. The van der Waals surface area contributed by atoms with Crippen LogP contribution in [0, 0.1) is 28.6 Å². The van der Waals surface area contributed by atoms with E-state index in [1.807, 2.05) is 0 Å². The monoisotopic (exact) mass is 222 g/mol. The largest absolute Gasteiger partial charge is 0.0651 e. The molecule has 2 aliphatic rings. The third kappa shape index (κ3) is 1.73. The Hall–Kier alpha value is 0. The summed E-state index contributed by atoms with van der Waals surface area (Å²) in [5.41, 5.74) is 1.24. The second kappa shape index (κ2) is 4.03. The van der Waals surface area contributed by atoms with Gasteiger partial charge in [0.25, 0.3) is 0 Å². The van der Waals surface area contributed by atoms with Gasteiger partial charge in [0, 0.05) is 0 Å². The standard InChI is InChI=1S/C16H30/c1-6-13-12(2)8-9-14-15(3,4)10-7-11-16(13,14)5/h12-14H,6-11H2,1-5H3/t12-,13-,14-,16+/m1/s1. The van der Waals surface area contributed by atoms with E-state index in [4.69, 9.17) is 0 Å². The van der Waals surface area contributed by atoms with E-state index < -0.39 is 0 Å². The lowest BCUT2D eigenvalue weighted by Crippen LogP contribution is -2.50. The Morgan fingerprint density at radius 1 is 1.06 bits per heavy atom. The van der Waals surface area contributed by atoms with Crippen molar-refractivity contribution >= 4 is 0 Å². The molecule has 0 amide bonds. The predicted molar refractivity (Wildman–Crippen MR) is 71.4 cm³/mol. The van der Waals surface area contributed by atoms with Crippen molar-refractivity contribution in [2.45, 2.75) is 73.1 Å². The smallest absolute Gasteiger partial charge is 0.0262 e. The maximum Gasteiger partial charge on any atom is -0.0262 e. The Labute approximate surface area is 102 Å². The normalized spacial score (nSPS) is 47.4. The van der Waals surface area contributed by atoms with Gasteiger partial charge in [0.05, 0.1) is 0 Å². The molecule has 0 radical (unpaired) electrons. The van der Waals surface area contributed by atoms with Crippen molar-refractivity contribution in [3.05, 3.63) is 0 Å². The van der Waals surface area contributed by atoms with Gasteiger partial charge in [-0.3, -0.25) is 0 Å². The molecule has 2 aliphatic carbocycles. The molecule has 0 aromatic carbocycles. The first-order chi connectivity index (χ1) is 7.42. The van der Waals surface area contributed by atoms with E-state index in [2.05, 4.69) is 34.6 Å². The maximum atomic E-state index is 2.61. The van der Waals surface area contributed by atoms with Gasteiger partial charge in [-0.05, 0) is 47.8 Å². The average molecular weight is 222 g/mol. The van der Waals surface area contributed by atoms with Gasteiger partial charge in [0.2, 0.25) is 0 Å². The minimum atomic E-state index is 0.598. The van der Waals surface area contributed by atoms with Gasteiger partial charge in [-0.25, -0.2) is 0 Å². The zero-order valence-corrected chi connectivity index (χ0v) is 12.0. The summed E-state index contributed by atoms with van der Waals surface area (Å²) in [6, 6.07) is 0. The predicted octanol–water partition coefficient (Wildman–Crippen LogP) is 5.28. The van der Waals surface area contributed by atoms with Crippen LogP contribution in [0.25, 0.3) is 0 Å². The highest BCUT2D eigenvalue weighted by Crippen LogP contribution is 2.61. The first kappa shape index (κ1) is 12.5. The van der Waals surface area contributed by atoms with Crippen molar-refractivity contribution in [2.75, 3.05) is 0 Å². The summed E-state index contributed by atoms with van der Waals surface area (Å²) in [5.74, 6) is 2.92. The molecule has 4 atom stereocenters. The number of hydrogen-bond acceptors (Lipinski definition) is 0. The molecule has 94 valence electrons. The molecule has 0 aromatic heterocycles. The van der Waals surface area contributed by atoms with Gasteiger partial charge in [0.15, 0.2) is 0 Å². The number of fused-ring (bicyclic) bond motifs is 1. The molecule has 0 spiro atoms. The summed E-state index contributed by atoms with van der Waals surface area (Å²) in [5, 5.41) is 0. The average Bonchev–Trinajstić information content (AvgIpc) is 2.15. The van der Waals surface area contributed by atoms with Gasteiger partial charge in [-0.1, -0.05) is 53.9 Å².